The molecule has 1 aliphatic rings. The zero-order chi connectivity index (χ0) is 17.8. The topological polar surface area (TPSA) is 58.4 Å². The fourth-order valence-corrected chi connectivity index (χ4v) is 3.49. The number of anilines is 2. The van der Waals surface area contributed by atoms with E-state index in [1.807, 2.05) is 18.0 Å². The first-order valence-corrected chi connectivity index (χ1v) is 9.00. The van der Waals surface area contributed by atoms with Gasteiger partial charge in [-0.15, -0.1) is 0 Å². The third-order valence-corrected chi connectivity index (χ3v) is 5.06. The van der Waals surface area contributed by atoms with E-state index in [1.165, 1.54) is 11.1 Å². The molecule has 0 amide bonds. The Kier molecular flexibility index (Phi) is 5.39. The quantitative estimate of drug-likeness (QED) is 0.620. The first kappa shape index (κ1) is 17.5. The summed E-state index contributed by atoms with van der Waals surface area (Å²) in [7, 11) is 0. The summed E-state index contributed by atoms with van der Waals surface area (Å²) in [6, 6.07) is 14.8. The van der Waals surface area contributed by atoms with Crippen LogP contribution in [0.1, 0.15) is 42.4 Å². The van der Waals surface area contributed by atoms with Crippen molar-refractivity contribution in [1.82, 2.24) is 5.01 Å². The molecule has 1 heterocycles. The molecule has 2 aromatic rings. The molecule has 2 atom stereocenters. The summed E-state index contributed by atoms with van der Waals surface area (Å²) in [4.78, 5) is 11.1. The maximum Gasteiger partial charge on any atom is 0.138 e. The molecule has 4 nitrogen and oxygen atoms in total. The van der Waals surface area contributed by atoms with Gasteiger partial charge in [0.15, 0.2) is 0 Å². The van der Waals surface area contributed by atoms with E-state index in [1.54, 1.807) is 0 Å². The van der Waals surface area contributed by atoms with Gasteiger partial charge in [-0.05, 0) is 67.0 Å². The van der Waals surface area contributed by atoms with Gasteiger partial charge in [0.05, 0.1) is 6.04 Å². The molecule has 25 heavy (non-hydrogen) atoms. The van der Waals surface area contributed by atoms with Crippen LogP contribution >= 0.6 is 0 Å². The monoisotopic (exact) mass is 337 g/mol. The van der Waals surface area contributed by atoms with Gasteiger partial charge in [-0.3, -0.25) is 0 Å². The van der Waals surface area contributed by atoms with E-state index in [0.717, 1.165) is 49.0 Å². The summed E-state index contributed by atoms with van der Waals surface area (Å²) in [6.07, 6.45) is 4.01. The largest absolute Gasteiger partial charge is 0.399 e. The standard InChI is InChI=1S/C21H27N3O/c1-15(11-17-8-9-21(22)16(2)12-17)18-5-3-6-19(13-18)23-24-10-4-7-20(24)14-25/h3,5-6,8-9,12-15,20,23H,4,7,10-11,22H2,1-2H3/t15?,20-/m0/s1. The molecule has 132 valence electrons. The van der Waals surface area contributed by atoms with Crippen LogP contribution in [-0.4, -0.2) is 23.9 Å². The van der Waals surface area contributed by atoms with Crippen molar-refractivity contribution in [3.8, 4) is 0 Å². The fourth-order valence-electron chi connectivity index (χ4n) is 3.49. The van der Waals surface area contributed by atoms with Crippen molar-refractivity contribution in [3.05, 3.63) is 59.2 Å². The van der Waals surface area contributed by atoms with Gasteiger partial charge in [-0.1, -0.05) is 31.2 Å². The van der Waals surface area contributed by atoms with Gasteiger partial charge in [-0.25, -0.2) is 5.01 Å². The van der Waals surface area contributed by atoms with Crippen molar-refractivity contribution < 1.29 is 4.79 Å². The van der Waals surface area contributed by atoms with Gasteiger partial charge in [0.2, 0.25) is 0 Å². The van der Waals surface area contributed by atoms with Crippen molar-refractivity contribution >= 4 is 17.7 Å². The highest BCUT2D eigenvalue weighted by molar-refractivity contribution is 5.59. The van der Waals surface area contributed by atoms with E-state index in [0.29, 0.717) is 5.92 Å². The van der Waals surface area contributed by atoms with Crippen LogP contribution in [0.15, 0.2) is 42.5 Å². The number of aryl methyl sites for hydroxylation is 1. The maximum absolute atomic E-state index is 11.1. The normalized spacial score (nSPS) is 18.9. The van der Waals surface area contributed by atoms with Crippen LogP contribution in [0.3, 0.4) is 0 Å². The molecule has 0 aliphatic carbocycles. The Morgan fingerprint density at radius 3 is 2.92 bits per heavy atom. The Hall–Kier alpha value is -2.33. The van der Waals surface area contributed by atoms with Crippen LogP contribution in [0, 0.1) is 6.92 Å². The molecule has 0 spiro atoms. The van der Waals surface area contributed by atoms with E-state index in [2.05, 4.69) is 48.7 Å². The van der Waals surface area contributed by atoms with Crippen molar-refractivity contribution in [1.29, 1.82) is 0 Å². The highest BCUT2D eigenvalue weighted by atomic mass is 16.1. The Bertz CT molecular complexity index is 744. The molecule has 0 bridgehead atoms. The third-order valence-electron chi connectivity index (χ3n) is 5.06. The predicted octanol–water partition coefficient (Wildman–Crippen LogP) is 3.91. The number of nitrogens with two attached hydrogens (primary N) is 1. The molecule has 1 saturated heterocycles. The Labute approximate surface area is 150 Å². The predicted molar refractivity (Wildman–Crippen MR) is 104 cm³/mol. The van der Waals surface area contributed by atoms with E-state index >= 15 is 0 Å². The summed E-state index contributed by atoms with van der Waals surface area (Å²) in [5.74, 6) is 0.408. The second kappa shape index (κ2) is 7.70. The molecule has 0 saturated carbocycles. The Morgan fingerprint density at radius 1 is 1.32 bits per heavy atom. The lowest BCUT2D eigenvalue weighted by Crippen LogP contribution is -2.35. The zero-order valence-electron chi connectivity index (χ0n) is 15.0. The van der Waals surface area contributed by atoms with Gasteiger partial charge in [0.1, 0.15) is 6.29 Å². The van der Waals surface area contributed by atoms with Gasteiger partial charge < -0.3 is 16.0 Å². The molecule has 3 N–H and O–H groups in total. The van der Waals surface area contributed by atoms with Gasteiger partial charge in [0.25, 0.3) is 0 Å². The molecular weight excluding hydrogens is 310 g/mol. The molecule has 1 aliphatic heterocycles. The lowest BCUT2D eigenvalue weighted by Gasteiger charge is -2.23. The van der Waals surface area contributed by atoms with Crippen molar-refractivity contribution in [2.75, 3.05) is 17.7 Å². The average molecular weight is 337 g/mol. The molecule has 2 aromatic carbocycles. The number of carbonyl (C=O) groups excluding carboxylic acids is 1. The van der Waals surface area contributed by atoms with Crippen LogP contribution in [0.4, 0.5) is 11.4 Å². The van der Waals surface area contributed by atoms with Gasteiger partial charge in [-0.2, -0.15) is 0 Å². The number of aldehydes is 1. The molecule has 1 unspecified atom stereocenters. The Morgan fingerprint density at radius 2 is 2.16 bits per heavy atom. The Balaban J connectivity index is 1.69. The molecule has 4 heteroatoms. The van der Waals surface area contributed by atoms with Gasteiger partial charge >= 0.3 is 0 Å². The highest BCUT2D eigenvalue weighted by Crippen LogP contribution is 2.25. The number of rotatable bonds is 6. The number of carbonyl (C=O) groups is 1. The highest BCUT2D eigenvalue weighted by Gasteiger charge is 2.23. The fraction of sp³-hybridized carbons (Fsp3) is 0.381. The van der Waals surface area contributed by atoms with E-state index in [-0.39, 0.29) is 6.04 Å². The first-order valence-electron chi connectivity index (χ1n) is 9.00. The van der Waals surface area contributed by atoms with Crippen LogP contribution in [-0.2, 0) is 11.2 Å². The van der Waals surface area contributed by atoms with Crippen LogP contribution in [0.5, 0.6) is 0 Å². The third kappa shape index (κ3) is 4.20. The molecular formula is C21H27N3O. The second-order valence-corrected chi connectivity index (χ2v) is 7.07. The number of hydrazine groups is 1. The van der Waals surface area contributed by atoms with Crippen LogP contribution in [0.25, 0.3) is 0 Å². The minimum atomic E-state index is -0.0150. The van der Waals surface area contributed by atoms with Crippen molar-refractivity contribution in [2.45, 2.75) is 45.1 Å². The molecule has 0 aromatic heterocycles. The minimum Gasteiger partial charge on any atom is -0.399 e. The summed E-state index contributed by atoms with van der Waals surface area (Å²) in [5, 5.41) is 2.04. The smallest absolute Gasteiger partial charge is 0.138 e. The summed E-state index contributed by atoms with van der Waals surface area (Å²) in [6.45, 7) is 5.20. The lowest BCUT2D eigenvalue weighted by molar-refractivity contribution is -0.111. The van der Waals surface area contributed by atoms with E-state index in [9.17, 15) is 4.79 Å². The minimum absolute atomic E-state index is 0.0150. The summed E-state index contributed by atoms with van der Waals surface area (Å²) in [5.41, 5.74) is 14.9. The lowest BCUT2D eigenvalue weighted by atomic mass is 9.92. The number of hydrogen-bond donors (Lipinski definition) is 2. The van der Waals surface area contributed by atoms with Crippen LogP contribution < -0.4 is 11.2 Å². The van der Waals surface area contributed by atoms with Crippen molar-refractivity contribution in [3.63, 3.8) is 0 Å². The van der Waals surface area contributed by atoms with Crippen LogP contribution in [0.2, 0.25) is 0 Å². The number of nitrogen functional groups attached to an aromatic ring is 1. The van der Waals surface area contributed by atoms with Crippen molar-refractivity contribution in [2.24, 2.45) is 0 Å². The first-order chi connectivity index (χ1) is 12.1. The van der Waals surface area contributed by atoms with E-state index < -0.39 is 0 Å². The maximum atomic E-state index is 11.1. The molecule has 0 radical (unpaired) electrons. The number of nitrogens with zero attached hydrogens (tertiary/aromatic N) is 1. The molecule has 1 fully saturated rings. The molecule has 3 rings (SSSR count). The number of benzene rings is 2. The SMILES string of the molecule is Cc1cc(CC(C)c2cccc(NN3CCC[C@H]3C=O)c2)ccc1N. The van der Waals surface area contributed by atoms with E-state index in [4.69, 9.17) is 5.73 Å². The second-order valence-electron chi connectivity index (χ2n) is 7.07. The number of nitrogens with one attached hydrogen (secondary N) is 1. The number of hydrogen-bond acceptors (Lipinski definition) is 4. The average Bonchev–Trinajstić information content (AvgIpc) is 3.05. The van der Waals surface area contributed by atoms with Gasteiger partial charge in [0, 0.05) is 17.9 Å². The zero-order valence-corrected chi connectivity index (χ0v) is 15.0. The summed E-state index contributed by atoms with van der Waals surface area (Å²) >= 11 is 0. The summed E-state index contributed by atoms with van der Waals surface area (Å²) < 4.78 is 0.